The highest BCUT2D eigenvalue weighted by Crippen LogP contribution is 2.33. The number of hydrogen-bond donors (Lipinski definition) is 1. The van der Waals surface area contributed by atoms with E-state index in [2.05, 4.69) is 5.43 Å². The van der Waals surface area contributed by atoms with Crippen LogP contribution in [0.2, 0.25) is 0 Å². The van der Waals surface area contributed by atoms with E-state index in [4.69, 9.17) is 14.2 Å². The Hall–Kier alpha value is -3.88. The first kappa shape index (κ1) is 29.2. The van der Waals surface area contributed by atoms with Crippen molar-refractivity contribution in [2.24, 2.45) is 0 Å². The third-order valence-electron chi connectivity index (χ3n) is 3.87. The fourth-order valence-corrected chi connectivity index (χ4v) is 2.64. The van der Waals surface area contributed by atoms with Crippen LogP contribution in [0.4, 0.5) is 15.3 Å². The number of hydrogen-bond acceptors (Lipinski definition) is 9. The largest absolute Gasteiger partial charge is 0.457 e. The lowest BCUT2D eigenvalue weighted by Crippen LogP contribution is -2.63. The van der Waals surface area contributed by atoms with Crippen LogP contribution in [0.5, 0.6) is 0 Å². The Kier molecular flexibility index (Phi) is 8.47. The Morgan fingerprint density at radius 3 is 1.71 bits per heavy atom. The van der Waals surface area contributed by atoms with Gasteiger partial charge in [0.15, 0.2) is 0 Å². The van der Waals surface area contributed by atoms with Crippen LogP contribution in [0.25, 0.3) is 0 Å². The van der Waals surface area contributed by atoms with Crippen molar-refractivity contribution in [2.75, 3.05) is 0 Å². The molecule has 0 aliphatic rings. The number of ether oxygens (including phenoxy) is 3. The van der Waals surface area contributed by atoms with Gasteiger partial charge in [0.25, 0.3) is 11.2 Å². The molecule has 1 N–H and O–H groups in total. The van der Waals surface area contributed by atoms with Crippen LogP contribution in [0.3, 0.4) is 0 Å². The summed E-state index contributed by atoms with van der Waals surface area (Å²) in [7, 11) is 0. The summed E-state index contributed by atoms with van der Waals surface area (Å²) < 4.78 is 16.0. The van der Waals surface area contributed by atoms with E-state index in [1.807, 2.05) is 0 Å². The first-order valence-corrected chi connectivity index (χ1v) is 10.6. The van der Waals surface area contributed by atoms with Crippen molar-refractivity contribution in [3.05, 3.63) is 39.9 Å². The van der Waals surface area contributed by atoms with Crippen LogP contribution in [0, 0.1) is 21.4 Å². The SMILES string of the molecule is CC(C)(C)OC(=O)NN(C(=O)OC(C)(C)C)C(C#N)(C(=O)OC(C)(C)C)c1ccc([N+](=O)[O-])cc1. The molecule has 0 heterocycles. The molecule has 35 heavy (non-hydrogen) atoms. The number of nitro benzene ring substituents is 1. The average Bonchev–Trinajstić information content (AvgIpc) is 2.64. The maximum absolute atomic E-state index is 13.5. The molecule has 0 saturated heterocycles. The summed E-state index contributed by atoms with van der Waals surface area (Å²) in [5.74, 6) is -1.23. The summed E-state index contributed by atoms with van der Waals surface area (Å²) in [4.78, 5) is 49.8. The minimum Gasteiger partial charge on any atom is -0.457 e. The number of carbonyl (C=O) groups is 3. The number of carbonyl (C=O) groups excluding carboxylic acids is 3. The zero-order valence-corrected chi connectivity index (χ0v) is 21.4. The number of nitrogens with zero attached hydrogens (tertiary/aromatic N) is 3. The summed E-state index contributed by atoms with van der Waals surface area (Å²) >= 11 is 0. The first-order valence-electron chi connectivity index (χ1n) is 10.6. The van der Waals surface area contributed by atoms with Gasteiger partial charge >= 0.3 is 18.2 Å². The second-order valence-electron chi connectivity index (χ2n) is 10.6. The summed E-state index contributed by atoms with van der Waals surface area (Å²) in [6.45, 7) is 14.0. The molecule has 2 amide bonds. The van der Waals surface area contributed by atoms with E-state index in [0.717, 1.165) is 24.3 Å². The Bertz CT molecular complexity index is 1010. The number of non-ortho nitro benzene ring substituents is 1. The maximum Gasteiger partial charge on any atom is 0.431 e. The Morgan fingerprint density at radius 2 is 1.34 bits per heavy atom. The van der Waals surface area contributed by atoms with Crippen molar-refractivity contribution in [3.63, 3.8) is 0 Å². The Labute approximate surface area is 204 Å². The molecule has 1 aromatic carbocycles. The third kappa shape index (κ3) is 8.13. The van der Waals surface area contributed by atoms with E-state index in [-0.39, 0.29) is 11.3 Å². The zero-order valence-electron chi connectivity index (χ0n) is 21.4. The molecule has 0 aliphatic heterocycles. The van der Waals surface area contributed by atoms with E-state index >= 15 is 0 Å². The van der Waals surface area contributed by atoms with Gasteiger partial charge in [0.1, 0.15) is 22.9 Å². The standard InChI is InChI=1S/C23H32N4O8/c1-20(2,3)33-17(28)23(14-24,15-10-12-16(13-11-15)27(31)32)26(19(30)35-22(7,8)9)25-18(29)34-21(4,5)6/h10-13H,1-9H3,(H,25,29). The molecule has 12 heteroatoms. The smallest absolute Gasteiger partial charge is 0.431 e. The number of rotatable bonds is 4. The minimum atomic E-state index is -2.64. The second-order valence-corrected chi connectivity index (χ2v) is 10.6. The molecule has 0 aliphatic carbocycles. The maximum atomic E-state index is 13.5. The molecule has 1 atom stereocenters. The zero-order chi connectivity index (χ0) is 27.4. The number of nitro groups is 1. The minimum absolute atomic E-state index is 0.193. The van der Waals surface area contributed by atoms with Gasteiger partial charge in [-0.1, -0.05) is 0 Å². The van der Waals surface area contributed by atoms with Gasteiger partial charge in [0, 0.05) is 17.7 Å². The fraction of sp³-hybridized carbons (Fsp3) is 0.565. The van der Waals surface area contributed by atoms with E-state index in [9.17, 15) is 29.8 Å². The molecular formula is C23H32N4O8. The van der Waals surface area contributed by atoms with Crippen LogP contribution in [-0.4, -0.2) is 44.9 Å². The van der Waals surface area contributed by atoms with Gasteiger partial charge in [-0.15, -0.1) is 0 Å². The van der Waals surface area contributed by atoms with Gasteiger partial charge in [-0.25, -0.2) is 19.8 Å². The van der Waals surface area contributed by atoms with Crippen molar-refractivity contribution in [1.82, 2.24) is 10.4 Å². The van der Waals surface area contributed by atoms with Crippen molar-refractivity contribution >= 4 is 23.8 Å². The van der Waals surface area contributed by atoms with E-state index in [1.165, 1.54) is 0 Å². The normalized spacial score (nSPS) is 13.5. The van der Waals surface area contributed by atoms with E-state index in [0.29, 0.717) is 5.01 Å². The van der Waals surface area contributed by atoms with Crippen LogP contribution in [-0.2, 0) is 24.5 Å². The monoisotopic (exact) mass is 492 g/mol. The third-order valence-corrected chi connectivity index (χ3v) is 3.87. The van der Waals surface area contributed by atoms with Gasteiger partial charge in [0.05, 0.1) is 4.92 Å². The molecule has 0 aromatic heterocycles. The molecule has 0 bridgehead atoms. The highest BCUT2D eigenvalue weighted by molar-refractivity contribution is 5.91. The summed E-state index contributed by atoms with van der Waals surface area (Å²) in [5.41, 5.74) is -4.21. The number of nitrogens with one attached hydrogen (secondary N) is 1. The van der Waals surface area contributed by atoms with Crippen molar-refractivity contribution in [2.45, 2.75) is 84.7 Å². The number of hydrazine groups is 1. The molecule has 1 aromatic rings. The summed E-state index contributed by atoms with van der Waals surface area (Å²) in [6.07, 6.45) is -2.43. The van der Waals surface area contributed by atoms with Gasteiger partial charge in [-0.05, 0) is 74.4 Å². The van der Waals surface area contributed by atoms with Crippen LogP contribution < -0.4 is 5.43 Å². The van der Waals surface area contributed by atoms with E-state index in [1.54, 1.807) is 68.4 Å². The lowest BCUT2D eigenvalue weighted by atomic mass is 9.90. The molecule has 0 saturated carbocycles. The molecule has 0 fully saturated rings. The molecule has 1 rings (SSSR count). The van der Waals surface area contributed by atoms with Crippen molar-refractivity contribution < 1.29 is 33.5 Å². The summed E-state index contributed by atoms with van der Waals surface area (Å²) in [6, 6.07) is 6.07. The molecule has 192 valence electrons. The van der Waals surface area contributed by atoms with Crippen molar-refractivity contribution in [1.29, 1.82) is 5.26 Å². The highest BCUT2D eigenvalue weighted by atomic mass is 16.6. The average molecular weight is 493 g/mol. The van der Waals surface area contributed by atoms with Crippen LogP contribution in [0.1, 0.15) is 67.9 Å². The molecular weight excluding hydrogens is 460 g/mol. The highest BCUT2D eigenvalue weighted by Gasteiger charge is 2.54. The number of nitriles is 1. The predicted molar refractivity (Wildman–Crippen MR) is 124 cm³/mol. The lowest BCUT2D eigenvalue weighted by molar-refractivity contribution is -0.384. The number of amides is 2. The van der Waals surface area contributed by atoms with E-state index < -0.39 is 45.4 Å². The number of benzene rings is 1. The van der Waals surface area contributed by atoms with Gasteiger partial charge in [-0.2, -0.15) is 10.3 Å². The number of esters is 1. The molecule has 0 radical (unpaired) electrons. The summed E-state index contributed by atoms with van der Waals surface area (Å²) in [5, 5.41) is 21.8. The first-order chi connectivity index (χ1) is 15.7. The van der Waals surface area contributed by atoms with Gasteiger partial charge in [-0.3, -0.25) is 10.1 Å². The van der Waals surface area contributed by atoms with Crippen LogP contribution >= 0.6 is 0 Å². The Morgan fingerprint density at radius 1 is 0.886 bits per heavy atom. The lowest BCUT2D eigenvalue weighted by Gasteiger charge is -2.38. The molecule has 1 unspecified atom stereocenters. The predicted octanol–water partition coefficient (Wildman–Crippen LogP) is 4.33. The van der Waals surface area contributed by atoms with Gasteiger partial charge < -0.3 is 14.2 Å². The Balaban J connectivity index is 3.84. The quantitative estimate of drug-likeness (QED) is 0.279. The fourth-order valence-electron chi connectivity index (χ4n) is 2.64. The van der Waals surface area contributed by atoms with Crippen LogP contribution in [0.15, 0.2) is 24.3 Å². The van der Waals surface area contributed by atoms with Crippen molar-refractivity contribution in [3.8, 4) is 6.07 Å². The molecule has 0 spiro atoms. The van der Waals surface area contributed by atoms with Gasteiger partial charge in [0.2, 0.25) is 0 Å². The topological polar surface area (TPSA) is 161 Å². The second kappa shape index (κ2) is 10.2. The molecule has 12 nitrogen and oxygen atoms in total.